The molecule has 1 aromatic carbocycles. The summed E-state index contributed by atoms with van der Waals surface area (Å²) in [6.07, 6.45) is 0.312. The van der Waals surface area contributed by atoms with Gasteiger partial charge in [0.1, 0.15) is 17.5 Å². The van der Waals surface area contributed by atoms with Gasteiger partial charge in [0.15, 0.2) is 0 Å². The molecular formula is C12H10BrF3N2S. The minimum absolute atomic E-state index is 0.256. The number of hydrazine groups is 1. The highest BCUT2D eigenvalue weighted by molar-refractivity contribution is 9.11. The first kappa shape index (κ1) is 14.5. The normalized spacial score (nSPS) is 12.7. The zero-order valence-corrected chi connectivity index (χ0v) is 12.0. The van der Waals surface area contributed by atoms with Gasteiger partial charge >= 0.3 is 0 Å². The Kier molecular flexibility index (Phi) is 4.62. The van der Waals surface area contributed by atoms with Gasteiger partial charge in [-0.25, -0.2) is 13.2 Å². The molecule has 0 radical (unpaired) electrons. The fourth-order valence-electron chi connectivity index (χ4n) is 1.79. The van der Waals surface area contributed by atoms with Crippen molar-refractivity contribution in [3.05, 3.63) is 55.9 Å². The molecule has 19 heavy (non-hydrogen) atoms. The minimum Gasteiger partial charge on any atom is -0.271 e. The van der Waals surface area contributed by atoms with E-state index >= 15 is 0 Å². The number of halogens is 4. The van der Waals surface area contributed by atoms with Crippen LogP contribution in [0.1, 0.15) is 16.5 Å². The molecule has 2 nitrogen and oxygen atoms in total. The van der Waals surface area contributed by atoms with Crippen LogP contribution < -0.4 is 11.3 Å². The zero-order chi connectivity index (χ0) is 14.0. The van der Waals surface area contributed by atoms with Gasteiger partial charge in [-0.15, -0.1) is 11.3 Å². The van der Waals surface area contributed by atoms with Gasteiger partial charge < -0.3 is 0 Å². The Hall–Kier alpha value is -0.890. The summed E-state index contributed by atoms with van der Waals surface area (Å²) >= 11 is 4.75. The van der Waals surface area contributed by atoms with Crippen LogP contribution in [0.25, 0.3) is 0 Å². The molecular weight excluding hydrogens is 341 g/mol. The molecule has 0 aliphatic rings. The van der Waals surface area contributed by atoms with Crippen LogP contribution in [-0.4, -0.2) is 0 Å². The quantitative estimate of drug-likeness (QED) is 0.652. The highest BCUT2D eigenvalue weighted by Gasteiger charge is 2.21. The van der Waals surface area contributed by atoms with Crippen LogP contribution in [0.4, 0.5) is 13.2 Å². The summed E-state index contributed by atoms with van der Waals surface area (Å²) in [7, 11) is 0. The van der Waals surface area contributed by atoms with Gasteiger partial charge in [0.05, 0.1) is 9.83 Å². The maximum Gasteiger partial charge on any atom is 0.133 e. The van der Waals surface area contributed by atoms with E-state index in [-0.39, 0.29) is 5.56 Å². The maximum absolute atomic E-state index is 13.7. The Bertz CT molecular complexity index is 565. The van der Waals surface area contributed by atoms with E-state index in [4.69, 9.17) is 5.84 Å². The number of benzene rings is 1. The Morgan fingerprint density at radius 3 is 2.32 bits per heavy atom. The van der Waals surface area contributed by atoms with Gasteiger partial charge in [-0.2, -0.15) is 0 Å². The van der Waals surface area contributed by atoms with Crippen LogP contribution in [0.2, 0.25) is 0 Å². The van der Waals surface area contributed by atoms with Gasteiger partial charge in [0, 0.05) is 29.0 Å². The lowest BCUT2D eigenvalue weighted by atomic mass is 10.0. The number of hydrogen-bond acceptors (Lipinski definition) is 3. The summed E-state index contributed by atoms with van der Waals surface area (Å²) in [6.45, 7) is 0. The Morgan fingerprint density at radius 2 is 1.84 bits per heavy atom. The van der Waals surface area contributed by atoms with E-state index < -0.39 is 23.5 Å². The molecule has 0 saturated heterocycles. The number of hydrogen-bond donors (Lipinski definition) is 2. The Labute approximate surface area is 120 Å². The third-order valence-corrected chi connectivity index (χ3v) is 4.27. The molecule has 0 bridgehead atoms. The summed E-state index contributed by atoms with van der Waals surface area (Å²) in [5, 5.41) is 0. The Balaban J connectivity index is 2.32. The fraction of sp³-hybridized carbons (Fsp3) is 0.167. The first-order valence-corrected chi connectivity index (χ1v) is 6.97. The lowest BCUT2D eigenvalue weighted by molar-refractivity contribution is 0.463. The molecule has 0 fully saturated rings. The van der Waals surface area contributed by atoms with Crippen molar-refractivity contribution in [3.8, 4) is 0 Å². The molecule has 3 N–H and O–H groups in total. The standard InChI is InChI=1S/C12H10BrF3N2S/c13-11-2-1-7(19-11)5-10(18-17)12-8(15)3-6(14)4-9(12)16/h1-4,10,18H,5,17H2. The van der Waals surface area contributed by atoms with Crippen molar-refractivity contribution in [2.24, 2.45) is 5.84 Å². The SMILES string of the molecule is NNC(Cc1ccc(Br)s1)c1c(F)cc(F)cc1F. The van der Waals surface area contributed by atoms with E-state index in [9.17, 15) is 13.2 Å². The van der Waals surface area contributed by atoms with Crippen molar-refractivity contribution in [2.45, 2.75) is 12.5 Å². The van der Waals surface area contributed by atoms with Crippen molar-refractivity contribution in [1.29, 1.82) is 0 Å². The van der Waals surface area contributed by atoms with E-state index in [1.807, 2.05) is 12.1 Å². The van der Waals surface area contributed by atoms with Crippen molar-refractivity contribution in [1.82, 2.24) is 5.43 Å². The molecule has 0 aliphatic carbocycles. The number of nitrogens with two attached hydrogens (primary N) is 1. The molecule has 1 aromatic heterocycles. The van der Waals surface area contributed by atoms with E-state index in [0.29, 0.717) is 18.6 Å². The molecule has 1 atom stereocenters. The van der Waals surface area contributed by atoms with E-state index in [1.165, 1.54) is 11.3 Å². The number of thiophene rings is 1. The Morgan fingerprint density at radius 1 is 1.21 bits per heavy atom. The number of rotatable bonds is 4. The van der Waals surface area contributed by atoms with Crippen LogP contribution >= 0.6 is 27.3 Å². The summed E-state index contributed by atoms with van der Waals surface area (Å²) in [5.74, 6) is 2.50. The van der Waals surface area contributed by atoms with Crippen molar-refractivity contribution in [2.75, 3.05) is 0 Å². The molecule has 0 amide bonds. The molecule has 2 aromatic rings. The van der Waals surface area contributed by atoms with Crippen molar-refractivity contribution < 1.29 is 13.2 Å². The molecule has 7 heteroatoms. The fourth-order valence-corrected chi connectivity index (χ4v) is 3.32. The van der Waals surface area contributed by atoms with Crippen LogP contribution in [0.5, 0.6) is 0 Å². The van der Waals surface area contributed by atoms with Crippen LogP contribution in [0, 0.1) is 17.5 Å². The smallest absolute Gasteiger partial charge is 0.133 e. The molecule has 2 rings (SSSR count). The van der Waals surface area contributed by atoms with Crippen LogP contribution in [-0.2, 0) is 6.42 Å². The largest absolute Gasteiger partial charge is 0.271 e. The van der Waals surface area contributed by atoms with Gasteiger partial charge in [0.2, 0.25) is 0 Å². The average Bonchev–Trinajstić information content (AvgIpc) is 2.72. The van der Waals surface area contributed by atoms with Gasteiger partial charge in [-0.05, 0) is 28.1 Å². The van der Waals surface area contributed by atoms with E-state index in [1.54, 1.807) is 0 Å². The minimum atomic E-state index is -0.951. The summed E-state index contributed by atoms with van der Waals surface area (Å²) in [5.41, 5.74) is 2.11. The summed E-state index contributed by atoms with van der Waals surface area (Å²) in [6, 6.07) is 4.20. The predicted molar refractivity (Wildman–Crippen MR) is 72.1 cm³/mol. The van der Waals surface area contributed by atoms with E-state index in [0.717, 1.165) is 8.66 Å². The second-order valence-corrected chi connectivity index (χ2v) is 6.46. The number of nitrogens with one attached hydrogen (secondary N) is 1. The predicted octanol–water partition coefficient (Wildman–Crippen LogP) is 3.68. The van der Waals surface area contributed by atoms with Gasteiger partial charge in [-0.3, -0.25) is 11.3 Å². The highest BCUT2D eigenvalue weighted by Crippen LogP contribution is 2.29. The third-order valence-electron chi connectivity index (χ3n) is 2.63. The maximum atomic E-state index is 13.7. The lowest BCUT2D eigenvalue weighted by Gasteiger charge is -2.17. The monoisotopic (exact) mass is 350 g/mol. The topological polar surface area (TPSA) is 38.0 Å². The van der Waals surface area contributed by atoms with E-state index in [2.05, 4.69) is 21.4 Å². The molecule has 1 heterocycles. The molecule has 102 valence electrons. The summed E-state index contributed by atoms with van der Waals surface area (Å²) < 4.78 is 41.1. The molecule has 1 unspecified atom stereocenters. The van der Waals surface area contributed by atoms with Crippen LogP contribution in [0.3, 0.4) is 0 Å². The first-order valence-electron chi connectivity index (χ1n) is 5.36. The second-order valence-electron chi connectivity index (χ2n) is 3.91. The lowest BCUT2D eigenvalue weighted by Crippen LogP contribution is -2.31. The third kappa shape index (κ3) is 3.36. The first-order chi connectivity index (χ1) is 9.01. The second kappa shape index (κ2) is 6.04. The molecule has 0 aliphatic heterocycles. The highest BCUT2D eigenvalue weighted by atomic mass is 79.9. The van der Waals surface area contributed by atoms with Crippen LogP contribution in [0.15, 0.2) is 28.1 Å². The zero-order valence-electron chi connectivity index (χ0n) is 9.59. The van der Waals surface area contributed by atoms with Crippen molar-refractivity contribution >= 4 is 27.3 Å². The summed E-state index contributed by atoms with van der Waals surface area (Å²) in [4.78, 5) is 0.901. The molecule has 0 saturated carbocycles. The average molecular weight is 351 g/mol. The van der Waals surface area contributed by atoms with Gasteiger partial charge in [0.25, 0.3) is 0 Å². The molecule has 0 spiro atoms. The van der Waals surface area contributed by atoms with Gasteiger partial charge in [-0.1, -0.05) is 0 Å². The van der Waals surface area contributed by atoms with Crippen molar-refractivity contribution in [3.63, 3.8) is 0 Å².